The first kappa shape index (κ1) is 16.1. The minimum Gasteiger partial charge on any atom is -1.00 e. The Morgan fingerprint density at radius 1 is 1.11 bits per heavy atom. The molecular formula is C14H12Cl2PTi. The van der Waals surface area contributed by atoms with Crippen LogP contribution in [0.5, 0.6) is 0 Å². The number of fused-ring (bicyclic) bond motifs is 1. The Morgan fingerprint density at radius 2 is 1.83 bits per heavy atom. The molecule has 2 aromatic rings. The molecule has 18 heavy (non-hydrogen) atoms. The largest absolute Gasteiger partial charge is 1.00 e. The molecule has 1 heterocycles. The summed E-state index contributed by atoms with van der Waals surface area (Å²) in [5.41, 5.74) is 5.84. The van der Waals surface area contributed by atoms with Crippen molar-refractivity contribution in [2.24, 2.45) is 0 Å². The fraction of sp³-hybridized carbons (Fsp3) is 0.143. The van der Waals surface area contributed by atoms with Crippen LogP contribution in [-0.2, 0) is 20.4 Å². The topological polar surface area (TPSA) is 0 Å². The van der Waals surface area contributed by atoms with Gasteiger partial charge in [0, 0.05) is 0 Å². The van der Waals surface area contributed by atoms with Crippen LogP contribution in [0.4, 0.5) is 0 Å². The second-order valence-corrected chi connectivity index (χ2v) is 6.90. The van der Waals surface area contributed by atoms with E-state index >= 15 is 0 Å². The van der Waals surface area contributed by atoms with Crippen LogP contribution in [0.3, 0.4) is 0 Å². The molecule has 0 fully saturated rings. The van der Waals surface area contributed by atoms with Gasteiger partial charge in [0.25, 0.3) is 0 Å². The van der Waals surface area contributed by atoms with E-state index in [9.17, 15) is 0 Å². The Labute approximate surface area is 134 Å². The maximum Gasteiger partial charge on any atom is -1.00 e. The zero-order valence-electron chi connectivity index (χ0n) is 9.87. The molecule has 2 unspecified atom stereocenters. The molecule has 0 saturated carbocycles. The normalized spacial score (nSPS) is 16.8. The van der Waals surface area contributed by atoms with Gasteiger partial charge in [-0.1, -0.05) is 0 Å². The van der Waals surface area contributed by atoms with E-state index in [1.807, 2.05) is 0 Å². The van der Waals surface area contributed by atoms with Crippen LogP contribution < -0.4 is 28.4 Å². The van der Waals surface area contributed by atoms with E-state index in [0.29, 0.717) is 5.92 Å². The summed E-state index contributed by atoms with van der Waals surface area (Å²) >= 11 is 2.25. The predicted molar refractivity (Wildman–Crippen MR) is 68.3 cm³/mol. The third-order valence-corrected chi connectivity index (χ3v) is 5.29. The van der Waals surface area contributed by atoms with Crippen molar-refractivity contribution < 1.29 is 45.2 Å². The summed E-state index contributed by atoms with van der Waals surface area (Å²) in [4.78, 5) is 0. The predicted octanol–water partition coefficient (Wildman–Crippen LogP) is -2.44. The monoisotopic (exact) mass is 329 g/mol. The van der Waals surface area contributed by atoms with Gasteiger partial charge in [0.15, 0.2) is 0 Å². The van der Waals surface area contributed by atoms with Crippen LogP contribution in [0.2, 0.25) is 0 Å². The molecular weight excluding hydrogens is 318 g/mol. The van der Waals surface area contributed by atoms with E-state index in [2.05, 4.69) is 69.6 Å². The average molecular weight is 330 g/mol. The van der Waals surface area contributed by atoms with Crippen LogP contribution in [0.15, 0.2) is 36.1 Å². The van der Waals surface area contributed by atoms with E-state index in [1.54, 1.807) is 0 Å². The minimum absolute atomic E-state index is 0. The number of rotatable bonds is 1. The summed E-state index contributed by atoms with van der Waals surface area (Å²) in [5.74, 6) is 2.84. The van der Waals surface area contributed by atoms with E-state index in [0.717, 1.165) is 8.19 Å². The standard InChI is InChI=1S/C14H12P.2ClH.Ti/c1-10-13-5-3-2-4-11(13)8-14(10)12-6-7-15-9-12;;;/h2-8,10,15H,1H3;2*1H;/q;;;+2/p-2. The Kier molecular flexibility index (Phi) is 5.78. The van der Waals surface area contributed by atoms with Crippen LogP contribution >= 0.6 is 8.19 Å². The maximum atomic E-state index is 2.36. The second-order valence-electron chi connectivity index (χ2n) is 4.22. The molecule has 1 aliphatic rings. The van der Waals surface area contributed by atoms with E-state index in [1.165, 1.54) is 25.9 Å². The summed E-state index contributed by atoms with van der Waals surface area (Å²) in [7, 11) is 0.884. The summed E-state index contributed by atoms with van der Waals surface area (Å²) in [6.07, 6.45) is 2.36. The van der Waals surface area contributed by atoms with Crippen LogP contribution in [0, 0.1) is 0 Å². The number of halogens is 2. The average Bonchev–Trinajstić information content (AvgIpc) is 2.84. The van der Waals surface area contributed by atoms with Crippen LogP contribution in [0.1, 0.15) is 29.5 Å². The van der Waals surface area contributed by atoms with Crippen molar-refractivity contribution in [1.82, 2.24) is 0 Å². The van der Waals surface area contributed by atoms with Gasteiger partial charge in [0.1, 0.15) is 0 Å². The Bertz CT molecular complexity index is 575. The summed E-state index contributed by atoms with van der Waals surface area (Å²) in [5, 5.41) is 0. The van der Waals surface area contributed by atoms with Crippen molar-refractivity contribution >= 4 is 23.4 Å². The molecule has 3 rings (SSSR count). The molecule has 2 atom stereocenters. The second kappa shape index (κ2) is 6.46. The van der Waals surface area contributed by atoms with Crippen molar-refractivity contribution in [3.05, 3.63) is 52.8 Å². The fourth-order valence-corrected chi connectivity index (χ4v) is 3.96. The van der Waals surface area contributed by atoms with Gasteiger partial charge >= 0.3 is 110 Å². The Hall–Kier alpha value is 0.0343. The summed E-state index contributed by atoms with van der Waals surface area (Å²) in [6, 6.07) is 11.0. The number of hydrogen-bond acceptors (Lipinski definition) is 0. The van der Waals surface area contributed by atoms with E-state index < -0.39 is 0 Å². The Morgan fingerprint density at radius 3 is 2.44 bits per heavy atom. The maximum absolute atomic E-state index is 2.36. The Balaban J connectivity index is 0.000000810. The van der Waals surface area contributed by atoms with Gasteiger partial charge in [-0.05, 0) is 0 Å². The van der Waals surface area contributed by atoms with Crippen molar-refractivity contribution in [2.75, 3.05) is 0 Å². The van der Waals surface area contributed by atoms with Gasteiger partial charge in [-0.25, -0.2) is 0 Å². The SMILES string of the molecule is CC1C(c2cc[pH][c]2[Ti+2])=Cc2ccccc21.[Cl-].[Cl-]. The number of benzene rings is 1. The molecule has 0 bridgehead atoms. The molecule has 4 heteroatoms. The molecule has 1 aromatic heterocycles. The third-order valence-electron chi connectivity index (χ3n) is 3.30. The van der Waals surface area contributed by atoms with Crippen LogP contribution in [0.25, 0.3) is 11.6 Å². The molecule has 91 valence electrons. The summed E-state index contributed by atoms with van der Waals surface area (Å²) < 4.78 is 1.53. The van der Waals surface area contributed by atoms with Crippen molar-refractivity contribution in [3.63, 3.8) is 0 Å². The zero-order valence-corrected chi connectivity index (χ0v) is 13.9. The van der Waals surface area contributed by atoms with Gasteiger partial charge in [-0.2, -0.15) is 0 Å². The number of hydrogen-bond donors (Lipinski definition) is 0. The van der Waals surface area contributed by atoms with Gasteiger partial charge in [-0.15, -0.1) is 0 Å². The van der Waals surface area contributed by atoms with Gasteiger partial charge in [0.05, 0.1) is 0 Å². The molecule has 0 N–H and O–H groups in total. The fourth-order valence-electron chi connectivity index (χ4n) is 2.42. The first-order valence-electron chi connectivity index (χ1n) is 5.47. The molecule has 0 radical (unpaired) electrons. The summed E-state index contributed by atoms with van der Waals surface area (Å²) in [6.45, 7) is 2.31. The molecule has 0 nitrogen and oxygen atoms in total. The molecule has 1 aromatic carbocycles. The van der Waals surface area contributed by atoms with Gasteiger partial charge in [0.2, 0.25) is 0 Å². The minimum atomic E-state index is 0. The van der Waals surface area contributed by atoms with Crippen molar-refractivity contribution in [1.29, 1.82) is 0 Å². The molecule has 1 aliphatic carbocycles. The van der Waals surface area contributed by atoms with E-state index in [4.69, 9.17) is 0 Å². The van der Waals surface area contributed by atoms with Gasteiger partial charge in [-0.3, -0.25) is 0 Å². The smallest absolute Gasteiger partial charge is 1.00 e. The molecule has 0 saturated heterocycles. The van der Waals surface area contributed by atoms with Crippen LogP contribution in [-0.4, -0.2) is 0 Å². The quantitative estimate of drug-likeness (QED) is 0.510. The van der Waals surface area contributed by atoms with Gasteiger partial charge < -0.3 is 24.8 Å². The van der Waals surface area contributed by atoms with Crippen molar-refractivity contribution in [2.45, 2.75) is 12.8 Å². The zero-order chi connectivity index (χ0) is 11.1. The third kappa shape index (κ3) is 2.64. The first-order chi connectivity index (χ1) is 7.77. The molecule has 0 aliphatic heterocycles. The number of allylic oxidation sites excluding steroid dienone is 1. The molecule has 0 amide bonds. The van der Waals surface area contributed by atoms with Crippen molar-refractivity contribution in [3.8, 4) is 0 Å². The van der Waals surface area contributed by atoms with E-state index in [-0.39, 0.29) is 24.8 Å². The molecule has 0 spiro atoms. The first-order valence-corrected chi connectivity index (χ1v) is 7.33.